The van der Waals surface area contributed by atoms with E-state index in [1.807, 2.05) is 25.1 Å². The molecule has 0 saturated heterocycles. The molecule has 0 atom stereocenters. The van der Waals surface area contributed by atoms with Crippen molar-refractivity contribution in [3.8, 4) is 0 Å². The van der Waals surface area contributed by atoms with Crippen LogP contribution in [0.3, 0.4) is 0 Å². The van der Waals surface area contributed by atoms with Crippen LogP contribution in [0.1, 0.15) is 26.2 Å². The molecule has 3 aromatic carbocycles. The van der Waals surface area contributed by atoms with Crippen LogP contribution in [-0.4, -0.2) is 17.9 Å². The Balaban J connectivity index is 2.18. The predicted octanol–water partition coefficient (Wildman–Crippen LogP) is 4.01. The molecule has 0 unspecified atom stereocenters. The average molecular weight is 415 g/mol. The van der Waals surface area contributed by atoms with E-state index in [0.29, 0.717) is 11.0 Å². The van der Waals surface area contributed by atoms with Crippen molar-refractivity contribution in [2.24, 2.45) is 0 Å². The topological polar surface area (TPSA) is 17.1 Å². The van der Waals surface area contributed by atoms with Gasteiger partial charge in [0, 0.05) is 0 Å². The molecule has 3 rings (SSSR count). The third-order valence-electron chi connectivity index (χ3n) is 5.05. The standard InChI is InChI=1S/C25H26GeO/c1-2-3-4-14-21-25(27)26(22-15-8-5-9-16-22,23-17-10-6-11-18-23)24-19-12-7-13-20-24/h2-3,5-13,15-20H,4,14,21H2,1H3/b3-2-. The van der Waals surface area contributed by atoms with Crippen molar-refractivity contribution in [2.75, 3.05) is 0 Å². The van der Waals surface area contributed by atoms with E-state index in [4.69, 9.17) is 0 Å². The number of allylic oxidation sites excluding steroid dienone is 2. The Morgan fingerprint density at radius 2 is 1.15 bits per heavy atom. The van der Waals surface area contributed by atoms with Gasteiger partial charge in [0.05, 0.1) is 0 Å². The van der Waals surface area contributed by atoms with E-state index in [0.717, 1.165) is 12.8 Å². The van der Waals surface area contributed by atoms with Gasteiger partial charge in [-0.1, -0.05) is 0 Å². The van der Waals surface area contributed by atoms with Crippen molar-refractivity contribution in [1.29, 1.82) is 0 Å². The Bertz CT molecular complexity index is 773. The molecule has 0 amide bonds. The molecule has 0 aromatic heterocycles. The van der Waals surface area contributed by atoms with Gasteiger partial charge in [-0.3, -0.25) is 0 Å². The number of carbonyl (C=O) groups excluding carboxylic acids is 1. The zero-order chi connectivity index (χ0) is 19.0. The zero-order valence-electron chi connectivity index (χ0n) is 15.8. The first-order valence-electron chi connectivity index (χ1n) is 9.61. The molecule has 27 heavy (non-hydrogen) atoms. The summed E-state index contributed by atoms with van der Waals surface area (Å²) in [7, 11) is 0. The Hall–Kier alpha value is -2.39. The van der Waals surface area contributed by atoms with Crippen molar-refractivity contribution in [1.82, 2.24) is 0 Å². The predicted molar refractivity (Wildman–Crippen MR) is 118 cm³/mol. The molecule has 1 nitrogen and oxygen atoms in total. The molecule has 136 valence electrons. The first-order valence-corrected chi connectivity index (χ1v) is 13.8. The quantitative estimate of drug-likeness (QED) is 0.309. The summed E-state index contributed by atoms with van der Waals surface area (Å²) in [6.07, 6.45) is 6.70. The SMILES string of the molecule is C/C=C\CCC[C](=O)[Ge]([c]1ccccc1)([c]1ccccc1)[c]1ccccc1. The summed E-state index contributed by atoms with van der Waals surface area (Å²) < 4.78 is 4.07. The fraction of sp³-hybridized carbons (Fsp3) is 0.160. The first kappa shape index (κ1) is 19.4. The number of unbranched alkanes of at least 4 members (excludes halogenated alkanes) is 1. The van der Waals surface area contributed by atoms with E-state index in [1.54, 1.807) is 0 Å². The minimum atomic E-state index is -3.44. The van der Waals surface area contributed by atoms with Crippen molar-refractivity contribution in [3.05, 3.63) is 103 Å². The van der Waals surface area contributed by atoms with Gasteiger partial charge >= 0.3 is 165 Å². The van der Waals surface area contributed by atoms with Crippen LogP contribution in [0.4, 0.5) is 0 Å². The van der Waals surface area contributed by atoms with Gasteiger partial charge < -0.3 is 0 Å². The van der Waals surface area contributed by atoms with Crippen LogP contribution in [0.15, 0.2) is 103 Å². The molecular weight excluding hydrogens is 389 g/mol. The van der Waals surface area contributed by atoms with Crippen molar-refractivity contribution in [2.45, 2.75) is 26.2 Å². The fourth-order valence-corrected chi connectivity index (χ4v) is 13.4. The van der Waals surface area contributed by atoms with E-state index in [9.17, 15) is 4.79 Å². The maximum absolute atomic E-state index is 13.9. The van der Waals surface area contributed by atoms with E-state index in [2.05, 4.69) is 84.9 Å². The average Bonchev–Trinajstić information content (AvgIpc) is 2.74. The molecule has 0 aliphatic heterocycles. The van der Waals surface area contributed by atoms with E-state index >= 15 is 0 Å². The molecule has 0 aliphatic rings. The van der Waals surface area contributed by atoms with Gasteiger partial charge in [-0.05, 0) is 0 Å². The van der Waals surface area contributed by atoms with Gasteiger partial charge in [0.25, 0.3) is 0 Å². The van der Waals surface area contributed by atoms with Crippen LogP contribution in [-0.2, 0) is 4.79 Å². The Morgan fingerprint density at radius 1 is 0.741 bits per heavy atom. The summed E-state index contributed by atoms with van der Waals surface area (Å²) in [6, 6.07) is 31.4. The molecule has 2 heteroatoms. The summed E-state index contributed by atoms with van der Waals surface area (Å²) in [5.74, 6) is 0. The van der Waals surface area contributed by atoms with Crippen molar-refractivity contribution in [3.63, 3.8) is 0 Å². The summed E-state index contributed by atoms with van der Waals surface area (Å²) in [6.45, 7) is 2.03. The van der Waals surface area contributed by atoms with Gasteiger partial charge in [0.15, 0.2) is 0 Å². The molecule has 3 aromatic rings. The number of hydrogen-bond acceptors (Lipinski definition) is 1. The van der Waals surface area contributed by atoms with E-state index in [-0.39, 0.29) is 0 Å². The number of carbonyl (C=O) groups is 1. The molecular formula is C25H26GeO. The monoisotopic (exact) mass is 416 g/mol. The van der Waals surface area contributed by atoms with Gasteiger partial charge in [0.2, 0.25) is 0 Å². The third-order valence-corrected chi connectivity index (χ3v) is 14.9. The Morgan fingerprint density at radius 3 is 1.52 bits per heavy atom. The number of benzene rings is 3. The summed E-state index contributed by atoms with van der Waals surface area (Å²) in [4.78, 5) is 13.9. The maximum atomic E-state index is 13.9. The first-order chi connectivity index (χ1) is 13.3. The van der Waals surface area contributed by atoms with Crippen molar-refractivity contribution >= 4 is 31.1 Å². The fourth-order valence-electron chi connectivity index (χ4n) is 3.78. The van der Waals surface area contributed by atoms with E-state index in [1.165, 1.54) is 13.2 Å². The summed E-state index contributed by atoms with van der Waals surface area (Å²) in [5.41, 5.74) is 0. The van der Waals surface area contributed by atoms with Gasteiger partial charge in [-0.2, -0.15) is 0 Å². The Labute approximate surface area is 165 Å². The molecule has 0 spiro atoms. The summed E-state index contributed by atoms with van der Waals surface area (Å²) in [5, 5.41) is 0. The Kier molecular flexibility index (Phi) is 6.83. The van der Waals surface area contributed by atoms with Crippen LogP contribution in [0, 0.1) is 0 Å². The summed E-state index contributed by atoms with van der Waals surface area (Å²) >= 11 is -3.44. The van der Waals surface area contributed by atoms with Gasteiger partial charge in [0.1, 0.15) is 0 Å². The second-order valence-electron chi connectivity index (χ2n) is 6.73. The molecule has 0 N–H and O–H groups in total. The van der Waals surface area contributed by atoms with Crippen LogP contribution in [0.5, 0.6) is 0 Å². The second-order valence-corrected chi connectivity index (χ2v) is 14.7. The van der Waals surface area contributed by atoms with Crippen LogP contribution in [0.2, 0.25) is 0 Å². The molecule has 0 aliphatic carbocycles. The molecule has 0 fully saturated rings. The van der Waals surface area contributed by atoms with Crippen LogP contribution < -0.4 is 13.2 Å². The van der Waals surface area contributed by atoms with Gasteiger partial charge in [-0.25, -0.2) is 0 Å². The molecule has 0 bridgehead atoms. The van der Waals surface area contributed by atoms with E-state index < -0.39 is 13.3 Å². The van der Waals surface area contributed by atoms with Crippen molar-refractivity contribution < 1.29 is 4.79 Å². The zero-order valence-corrected chi connectivity index (χ0v) is 17.9. The van der Waals surface area contributed by atoms with Gasteiger partial charge in [-0.15, -0.1) is 0 Å². The third kappa shape index (κ3) is 4.14. The molecule has 0 heterocycles. The number of rotatable bonds is 8. The molecule has 0 radical (unpaired) electrons. The van der Waals surface area contributed by atoms with Crippen LogP contribution >= 0.6 is 0 Å². The molecule has 0 saturated carbocycles. The normalized spacial score (nSPS) is 11.6. The minimum absolute atomic E-state index is 0.433. The second kappa shape index (κ2) is 9.52. The van der Waals surface area contributed by atoms with Crippen LogP contribution in [0.25, 0.3) is 0 Å². The number of hydrogen-bond donors (Lipinski definition) is 0.